The summed E-state index contributed by atoms with van der Waals surface area (Å²) in [6.45, 7) is 6.23. The van der Waals surface area contributed by atoms with Gasteiger partial charge in [-0.15, -0.1) is 0 Å². The summed E-state index contributed by atoms with van der Waals surface area (Å²) in [4.78, 5) is 13.6. The van der Waals surface area contributed by atoms with Crippen molar-refractivity contribution in [3.05, 3.63) is 35.5 Å². The Bertz CT molecular complexity index is 769. The molecular weight excluding hydrogens is 374 g/mol. The molecule has 2 aromatic rings. The fourth-order valence-electron chi connectivity index (χ4n) is 3.65. The predicted octanol–water partition coefficient (Wildman–Crippen LogP) is 2.79. The molecule has 2 aliphatic rings. The van der Waals surface area contributed by atoms with Crippen molar-refractivity contribution in [3.63, 3.8) is 0 Å². The highest BCUT2D eigenvalue weighted by Crippen LogP contribution is 2.24. The van der Waals surface area contributed by atoms with E-state index in [1.54, 1.807) is 6.20 Å². The molecule has 1 atom stereocenters. The van der Waals surface area contributed by atoms with Gasteiger partial charge in [0.15, 0.2) is 5.82 Å². The van der Waals surface area contributed by atoms with Gasteiger partial charge in [-0.05, 0) is 50.7 Å². The summed E-state index contributed by atoms with van der Waals surface area (Å²) in [5.41, 5.74) is 2.21. The lowest BCUT2D eigenvalue weighted by Crippen LogP contribution is -2.44. The second-order valence-corrected chi connectivity index (χ2v) is 7.93. The minimum absolute atomic E-state index is 0.476. The molecule has 0 amide bonds. The second kappa shape index (κ2) is 8.94. The number of anilines is 4. The zero-order valence-corrected chi connectivity index (χ0v) is 17.0. The van der Waals surface area contributed by atoms with Crippen LogP contribution in [-0.2, 0) is 0 Å². The van der Waals surface area contributed by atoms with Crippen LogP contribution in [0.25, 0.3) is 0 Å². The number of hydrogen-bond acceptors (Lipinski definition) is 7. The summed E-state index contributed by atoms with van der Waals surface area (Å²) < 4.78 is 0. The van der Waals surface area contributed by atoms with Crippen molar-refractivity contribution in [2.45, 2.75) is 18.9 Å². The van der Waals surface area contributed by atoms with Crippen LogP contribution in [0.15, 0.2) is 30.5 Å². The number of rotatable bonds is 6. The Kier molecular flexibility index (Phi) is 6.14. The van der Waals surface area contributed by atoms with Gasteiger partial charge in [-0.2, -0.15) is 4.98 Å². The van der Waals surface area contributed by atoms with E-state index in [1.807, 2.05) is 0 Å². The van der Waals surface area contributed by atoms with Gasteiger partial charge in [-0.25, -0.2) is 4.98 Å². The Labute approximate surface area is 171 Å². The molecule has 0 spiro atoms. The van der Waals surface area contributed by atoms with Gasteiger partial charge in [-0.1, -0.05) is 11.6 Å². The van der Waals surface area contributed by atoms with Crippen molar-refractivity contribution in [3.8, 4) is 0 Å². The minimum atomic E-state index is 0.476. The number of hydrogen-bond donors (Lipinski definition) is 3. The van der Waals surface area contributed by atoms with Crippen molar-refractivity contribution < 1.29 is 0 Å². The van der Waals surface area contributed by atoms with Gasteiger partial charge in [0.05, 0.1) is 6.20 Å². The SMILES string of the molecule is CN1CCN(c2ccc(Nc3ncc(Cl)c(NCC4CCCN4)n3)cc2)CC1. The summed E-state index contributed by atoms with van der Waals surface area (Å²) in [6, 6.07) is 8.91. The maximum atomic E-state index is 6.26. The van der Waals surface area contributed by atoms with Gasteiger partial charge in [0, 0.05) is 50.1 Å². The molecule has 3 N–H and O–H groups in total. The van der Waals surface area contributed by atoms with Crippen LogP contribution in [0.4, 0.5) is 23.1 Å². The molecule has 28 heavy (non-hydrogen) atoms. The smallest absolute Gasteiger partial charge is 0.229 e. The standard InChI is InChI=1S/C20H28ClN7/c1-27-9-11-28(12-10-27)17-6-4-15(5-7-17)25-20-24-14-18(21)19(26-20)23-13-16-3-2-8-22-16/h4-7,14,16,22H,2-3,8-13H2,1H3,(H2,23,24,25,26). The first-order valence-electron chi connectivity index (χ1n) is 9.98. The van der Waals surface area contributed by atoms with Crippen LogP contribution in [0.2, 0.25) is 5.02 Å². The maximum Gasteiger partial charge on any atom is 0.229 e. The molecule has 1 unspecified atom stereocenters. The number of likely N-dealkylation sites (N-methyl/N-ethyl adjacent to an activating group) is 1. The second-order valence-electron chi connectivity index (χ2n) is 7.53. The van der Waals surface area contributed by atoms with E-state index >= 15 is 0 Å². The Balaban J connectivity index is 1.37. The average Bonchev–Trinajstić information content (AvgIpc) is 3.23. The first-order valence-corrected chi connectivity index (χ1v) is 10.4. The Morgan fingerprint density at radius 1 is 1.18 bits per heavy atom. The molecule has 150 valence electrons. The molecule has 4 rings (SSSR count). The van der Waals surface area contributed by atoms with Gasteiger partial charge in [0.2, 0.25) is 5.95 Å². The van der Waals surface area contributed by atoms with E-state index in [-0.39, 0.29) is 0 Å². The molecule has 0 bridgehead atoms. The lowest BCUT2D eigenvalue weighted by molar-refractivity contribution is 0.313. The van der Waals surface area contributed by atoms with Crippen LogP contribution in [0.3, 0.4) is 0 Å². The van der Waals surface area contributed by atoms with E-state index in [9.17, 15) is 0 Å². The van der Waals surface area contributed by atoms with Gasteiger partial charge in [0.1, 0.15) is 5.02 Å². The molecule has 0 aliphatic carbocycles. The van der Waals surface area contributed by atoms with Crippen LogP contribution in [-0.4, -0.2) is 67.2 Å². The predicted molar refractivity (Wildman–Crippen MR) is 116 cm³/mol. The fourth-order valence-corrected chi connectivity index (χ4v) is 3.81. The molecule has 2 fully saturated rings. The first kappa shape index (κ1) is 19.2. The van der Waals surface area contributed by atoms with Gasteiger partial charge in [0.25, 0.3) is 0 Å². The summed E-state index contributed by atoms with van der Waals surface area (Å²) >= 11 is 6.26. The summed E-state index contributed by atoms with van der Waals surface area (Å²) in [7, 11) is 2.17. The maximum absolute atomic E-state index is 6.26. The van der Waals surface area contributed by atoms with Crippen LogP contribution >= 0.6 is 11.6 Å². The van der Waals surface area contributed by atoms with Crippen molar-refractivity contribution in [1.82, 2.24) is 20.2 Å². The van der Waals surface area contributed by atoms with E-state index in [4.69, 9.17) is 11.6 Å². The third-order valence-corrected chi connectivity index (χ3v) is 5.69. The highest BCUT2D eigenvalue weighted by Gasteiger charge is 2.16. The minimum Gasteiger partial charge on any atom is -0.369 e. The molecule has 3 heterocycles. The molecule has 0 radical (unpaired) electrons. The molecule has 8 heteroatoms. The van der Waals surface area contributed by atoms with Crippen LogP contribution in [0, 0.1) is 0 Å². The van der Waals surface area contributed by atoms with E-state index in [2.05, 4.69) is 67.0 Å². The van der Waals surface area contributed by atoms with E-state index in [0.717, 1.165) is 45.0 Å². The molecule has 2 aliphatic heterocycles. The van der Waals surface area contributed by atoms with Gasteiger partial charge >= 0.3 is 0 Å². The topological polar surface area (TPSA) is 68.3 Å². The molecule has 0 saturated carbocycles. The summed E-state index contributed by atoms with van der Waals surface area (Å²) in [6.07, 6.45) is 4.04. The lowest BCUT2D eigenvalue weighted by atomic mass is 10.2. The zero-order valence-electron chi connectivity index (χ0n) is 16.3. The fraction of sp³-hybridized carbons (Fsp3) is 0.500. The number of halogens is 1. The van der Waals surface area contributed by atoms with E-state index in [0.29, 0.717) is 22.8 Å². The quantitative estimate of drug-likeness (QED) is 0.687. The highest BCUT2D eigenvalue weighted by atomic mass is 35.5. The molecule has 1 aromatic heterocycles. The van der Waals surface area contributed by atoms with Crippen LogP contribution < -0.4 is 20.9 Å². The Morgan fingerprint density at radius 2 is 1.96 bits per heavy atom. The van der Waals surface area contributed by atoms with Crippen molar-refractivity contribution >= 4 is 34.7 Å². The van der Waals surface area contributed by atoms with E-state index in [1.165, 1.54) is 18.5 Å². The normalized spacial score (nSPS) is 20.4. The molecule has 7 nitrogen and oxygen atoms in total. The largest absolute Gasteiger partial charge is 0.369 e. The molecular formula is C20H28ClN7. The van der Waals surface area contributed by atoms with Crippen molar-refractivity contribution in [1.29, 1.82) is 0 Å². The number of piperazine rings is 1. The number of benzene rings is 1. The average molecular weight is 402 g/mol. The number of nitrogens with one attached hydrogen (secondary N) is 3. The zero-order chi connectivity index (χ0) is 19.3. The van der Waals surface area contributed by atoms with Crippen LogP contribution in [0.5, 0.6) is 0 Å². The Hall–Kier alpha value is -2.09. The summed E-state index contributed by atoms with van der Waals surface area (Å²) in [5, 5.41) is 10.6. The number of nitrogens with zero attached hydrogens (tertiary/aromatic N) is 4. The van der Waals surface area contributed by atoms with Crippen LogP contribution in [0.1, 0.15) is 12.8 Å². The lowest BCUT2D eigenvalue weighted by Gasteiger charge is -2.34. The monoisotopic (exact) mass is 401 g/mol. The summed E-state index contributed by atoms with van der Waals surface area (Å²) in [5.74, 6) is 1.21. The Morgan fingerprint density at radius 3 is 2.68 bits per heavy atom. The number of aromatic nitrogens is 2. The third kappa shape index (κ3) is 4.84. The molecule has 1 aromatic carbocycles. The molecule has 2 saturated heterocycles. The first-order chi connectivity index (χ1) is 13.7. The van der Waals surface area contributed by atoms with Gasteiger partial charge in [-0.3, -0.25) is 0 Å². The van der Waals surface area contributed by atoms with Crippen molar-refractivity contribution in [2.24, 2.45) is 0 Å². The van der Waals surface area contributed by atoms with Crippen molar-refractivity contribution in [2.75, 3.05) is 61.8 Å². The van der Waals surface area contributed by atoms with E-state index < -0.39 is 0 Å². The highest BCUT2D eigenvalue weighted by molar-refractivity contribution is 6.32. The van der Waals surface area contributed by atoms with Gasteiger partial charge < -0.3 is 25.8 Å². The third-order valence-electron chi connectivity index (χ3n) is 5.41.